The number of carbonyl (C=O) groups excluding carboxylic acids is 1. The molecule has 0 bridgehead atoms. The van der Waals surface area contributed by atoms with Crippen molar-refractivity contribution < 1.29 is 14.7 Å². The Morgan fingerprint density at radius 2 is 1.53 bits per heavy atom. The maximum atomic E-state index is 12.3. The molecule has 1 aliphatic carbocycles. The van der Waals surface area contributed by atoms with Crippen LogP contribution in [0.4, 0.5) is 0 Å². The molecular weight excluding hydrogens is 244 g/mol. The first kappa shape index (κ1) is 14.3. The van der Waals surface area contributed by atoms with Crippen LogP contribution in [0.1, 0.15) is 52.4 Å². The lowest BCUT2D eigenvalue weighted by molar-refractivity contribution is -0.148. The summed E-state index contributed by atoms with van der Waals surface area (Å²) in [6, 6.07) is 0.662. The number of carbonyl (C=O) groups is 2. The molecule has 2 fully saturated rings. The monoisotopic (exact) mass is 268 g/mol. The molecule has 5 heteroatoms. The van der Waals surface area contributed by atoms with Crippen LogP contribution in [-0.2, 0) is 9.59 Å². The van der Waals surface area contributed by atoms with Crippen LogP contribution in [0.25, 0.3) is 0 Å². The number of carboxylic acid groups (broad SMARTS) is 1. The number of carboxylic acids is 1. The van der Waals surface area contributed by atoms with E-state index in [2.05, 4.69) is 19.3 Å². The van der Waals surface area contributed by atoms with Crippen LogP contribution in [-0.4, -0.2) is 34.1 Å². The fourth-order valence-corrected chi connectivity index (χ4v) is 3.42. The minimum Gasteiger partial charge on any atom is -0.481 e. The molecular formula is C14H24N2O3. The van der Waals surface area contributed by atoms with Crippen LogP contribution in [0.15, 0.2) is 0 Å². The first-order valence-corrected chi connectivity index (χ1v) is 7.32. The topological polar surface area (TPSA) is 69.6 Å². The molecule has 0 aromatic rings. The molecule has 0 spiro atoms. The average molecular weight is 268 g/mol. The molecule has 1 saturated carbocycles. The number of amides is 1. The Morgan fingerprint density at radius 3 is 2.11 bits per heavy atom. The van der Waals surface area contributed by atoms with Gasteiger partial charge in [0, 0.05) is 12.1 Å². The van der Waals surface area contributed by atoms with Gasteiger partial charge in [0.1, 0.15) is 0 Å². The summed E-state index contributed by atoms with van der Waals surface area (Å²) in [5.74, 6) is -1.81. The number of hydrazine groups is 1. The van der Waals surface area contributed by atoms with Gasteiger partial charge >= 0.3 is 5.97 Å². The Kier molecular flexibility index (Phi) is 4.45. The van der Waals surface area contributed by atoms with E-state index in [0.29, 0.717) is 24.9 Å². The highest BCUT2D eigenvalue weighted by molar-refractivity contribution is 5.85. The molecule has 1 aliphatic heterocycles. The molecule has 0 aromatic carbocycles. The summed E-state index contributed by atoms with van der Waals surface area (Å²) >= 11 is 0. The molecule has 108 valence electrons. The largest absolute Gasteiger partial charge is 0.481 e. The van der Waals surface area contributed by atoms with E-state index < -0.39 is 11.9 Å². The van der Waals surface area contributed by atoms with Crippen molar-refractivity contribution in [3.8, 4) is 0 Å². The van der Waals surface area contributed by atoms with E-state index in [9.17, 15) is 9.59 Å². The number of hydrogen-bond donors (Lipinski definition) is 2. The van der Waals surface area contributed by atoms with Crippen molar-refractivity contribution in [2.45, 2.75) is 64.5 Å². The molecule has 2 aliphatic rings. The maximum absolute atomic E-state index is 12.3. The second-order valence-electron chi connectivity index (χ2n) is 5.99. The Morgan fingerprint density at radius 1 is 1.00 bits per heavy atom. The van der Waals surface area contributed by atoms with Crippen molar-refractivity contribution in [1.82, 2.24) is 10.4 Å². The molecule has 19 heavy (non-hydrogen) atoms. The summed E-state index contributed by atoms with van der Waals surface area (Å²) in [5, 5.41) is 11.2. The maximum Gasteiger partial charge on any atom is 0.307 e. The van der Waals surface area contributed by atoms with Crippen LogP contribution in [0.2, 0.25) is 0 Å². The van der Waals surface area contributed by atoms with Crippen molar-refractivity contribution in [3.63, 3.8) is 0 Å². The lowest BCUT2D eigenvalue weighted by atomic mass is 9.95. The quantitative estimate of drug-likeness (QED) is 0.818. The standard InChI is InChI=1S/C14H24N2O3/c1-9-5-3-6-10(2)16(9)15-13(17)11-7-4-8-12(11)14(18)19/h9-12H,3-8H2,1-2H3,(H,15,17)(H,18,19). The van der Waals surface area contributed by atoms with Crippen molar-refractivity contribution in [2.24, 2.45) is 11.8 Å². The molecule has 2 N–H and O–H groups in total. The van der Waals surface area contributed by atoms with Gasteiger partial charge in [0.15, 0.2) is 0 Å². The van der Waals surface area contributed by atoms with Gasteiger partial charge in [0.25, 0.3) is 0 Å². The van der Waals surface area contributed by atoms with Gasteiger partial charge in [-0.25, -0.2) is 5.01 Å². The number of piperidine rings is 1. The third-order valence-electron chi connectivity index (χ3n) is 4.60. The Hall–Kier alpha value is -1.10. The van der Waals surface area contributed by atoms with E-state index in [-0.39, 0.29) is 11.8 Å². The van der Waals surface area contributed by atoms with Gasteiger partial charge in [-0.15, -0.1) is 0 Å². The zero-order valence-electron chi connectivity index (χ0n) is 11.8. The molecule has 0 aromatic heterocycles. The predicted molar refractivity (Wildman–Crippen MR) is 71.2 cm³/mol. The summed E-state index contributed by atoms with van der Waals surface area (Å²) in [6.07, 6.45) is 5.50. The number of hydrogen-bond acceptors (Lipinski definition) is 3. The molecule has 1 saturated heterocycles. The van der Waals surface area contributed by atoms with Crippen LogP contribution < -0.4 is 5.43 Å². The van der Waals surface area contributed by atoms with Gasteiger partial charge in [0.2, 0.25) is 5.91 Å². The van der Waals surface area contributed by atoms with Gasteiger partial charge in [-0.3, -0.25) is 15.0 Å². The average Bonchev–Trinajstić information content (AvgIpc) is 2.83. The highest BCUT2D eigenvalue weighted by atomic mass is 16.4. The van der Waals surface area contributed by atoms with Gasteiger partial charge in [-0.2, -0.15) is 0 Å². The minimum absolute atomic E-state index is 0.106. The van der Waals surface area contributed by atoms with Crippen LogP contribution in [0, 0.1) is 11.8 Å². The Labute approximate surface area is 114 Å². The second kappa shape index (κ2) is 5.90. The van der Waals surface area contributed by atoms with E-state index in [1.54, 1.807) is 0 Å². The third kappa shape index (κ3) is 3.08. The minimum atomic E-state index is -0.836. The SMILES string of the molecule is CC1CCCC(C)N1NC(=O)C1CCCC1C(=O)O. The summed E-state index contributed by atoms with van der Waals surface area (Å²) in [7, 11) is 0. The van der Waals surface area contributed by atoms with Crippen LogP contribution >= 0.6 is 0 Å². The van der Waals surface area contributed by atoms with E-state index >= 15 is 0 Å². The summed E-state index contributed by atoms with van der Waals surface area (Å²) in [6.45, 7) is 4.22. The van der Waals surface area contributed by atoms with E-state index in [1.807, 2.05) is 5.01 Å². The normalized spacial score (nSPS) is 36.1. The fourth-order valence-electron chi connectivity index (χ4n) is 3.42. The van der Waals surface area contributed by atoms with Crippen molar-refractivity contribution in [1.29, 1.82) is 0 Å². The summed E-state index contributed by atoms with van der Waals surface area (Å²) in [5.41, 5.74) is 2.98. The first-order chi connectivity index (χ1) is 9.00. The number of nitrogens with one attached hydrogen (secondary N) is 1. The summed E-state index contributed by atoms with van der Waals surface area (Å²) < 4.78 is 0. The molecule has 2 rings (SSSR count). The van der Waals surface area contributed by atoms with Gasteiger partial charge in [-0.05, 0) is 39.5 Å². The van der Waals surface area contributed by atoms with Gasteiger partial charge in [-0.1, -0.05) is 12.8 Å². The third-order valence-corrected chi connectivity index (χ3v) is 4.60. The molecule has 5 nitrogen and oxygen atoms in total. The smallest absolute Gasteiger partial charge is 0.307 e. The lowest BCUT2D eigenvalue weighted by Crippen LogP contribution is -2.55. The first-order valence-electron chi connectivity index (χ1n) is 7.32. The van der Waals surface area contributed by atoms with Gasteiger partial charge in [0.05, 0.1) is 11.8 Å². The summed E-state index contributed by atoms with van der Waals surface area (Å²) in [4.78, 5) is 23.4. The van der Waals surface area contributed by atoms with E-state index in [0.717, 1.165) is 19.3 Å². The fraction of sp³-hybridized carbons (Fsp3) is 0.857. The second-order valence-corrected chi connectivity index (χ2v) is 5.99. The Bertz CT molecular complexity index is 349. The number of nitrogens with zero attached hydrogens (tertiary/aromatic N) is 1. The van der Waals surface area contributed by atoms with Crippen molar-refractivity contribution in [2.75, 3.05) is 0 Å². The molecule has 4 atom stereocenters. The number of rotatable bonds is 3. The molecule has 4 unspecified atom stereocenters. The zero-order chi connectivity index (χ0) is 14.0. The van der Waals surface area contributed by atoms with Crippen LogP contribution in [0.3, 0.4) is 0 Å². The lowest BCUT2D eigenvalue weighted by Gasteiger charge is -2.39. The molecule has 0 radical (unpaired) electrons. The van der Waals surface area contributed by atoms with Crippen molar-refractivity contribution in [3.05, 3.63) is 0 Å². The number of aliphatic carboxylic acids is 1. The van der Waals surface area contributed by atoms with Gasteiger partial charge < -0.3 is 5.11 Å². The van der Waals surface area contributed by atoms with Crippen molar-refractivity contribution >= 4 is 11.9 Å². The predicted octanol–water partition coefficient (Wildman–Crippen LogP) is 1.78. The Balaban J connectivity index is 1.98. The molecule has 1 heterocycles. The highest BCUT2D eigenvalue weighted by Gasteiger charge is 2.39. The zero-order valence-corrected chi connectivity index (χ0v) is 11.8. The van der Waals surface area contributed by atoms with E-state index in [4.69, 9.17) is 5.11 Å². The van der Waals surface area contributed by atoms with Crippen LogP contribution in [0.5, 0.6) is 0 Å². The molecule has 1 amide bonds. The van der Waals surface area contributed by atoms with E-state index in [1.165, 1.54) is 6.42 Å². The highest BCUT2D eigenvalue weighted by Crippen LogP contribution is 2.32.